The van der Waals surface area contributed by atoms with Gasteiger partial charge in [-0.3, -0.25) is 4.79 Å². The van der Waals surface area contributed by atoms with Crippen molar-refractivity contribution in [3.63, 3.8) is 0 Å². The summed E-state index contributed by atoms with van der Waals surface area (Å²) in [6.07, 6.45) is 3.05. The summed E-state index contributed by atoms with van der Waals surface area (Å²) >= 11 is 12.7. The molecule has 0 saturated carbocycles. The number of rotatable bonds is 6. The molecule has 0 radical (unpaired) electrons. The third kappa shape index (κ3) is 3.41. The summed E-state index contributed by atoms with van der Waals surface area (Å²) in [6, 6.07) is 3.56. The number of aromatic nitrogens is 2. The van der Waals surface area contributed by atoms with E-state index in [0.29, 0.717) is 23.9 Å². The Hall–Kier alpha value is -1.76. The lowest BCUT2D eigenvalue weighted by Gasteiger charge is -2.23. The number of ether oxygens (including phenoxy) is 2. The molecule has 2 heterocycles. The van der Waals surface area contributed by atoms with E-state index in [1.807, 2.05) is 17.9 Å². The summed E-state index contributed by atoms with van der Waals surface area (Å²) in [4.78, 5) is 19.2. The summed E-state index contributed by atoms with van der Waals surface area (Å²) in [7, 11) is 3.21. The van der Waals surface area contributed by atoms with Crippen molar-refractivity contribution in [2.75, 3.05) is 32.3 Å². The van der Waals surface area contributed by atoms with Crippen LogP contribution in [-0.4, -0.2) is 36.9 Å². The lowest BCUT2D eigenvalue weighted by atomic mass is 10.1. The van der Waals surface area contributed by atoms with Crippen molar-refractivity contribution >= 4 is 34.7 Å². The van der Waals surface area contributed by atoms with Crippen LogP contribution in [-0.2, 0) is 11.2 Å². The molecular formula is C18H21Cl2N3O3. The molecule has 0 spiro atoms. The maximum Gasteiger partial charge on any atom is 0.294 e. The number of methoxy groups -OCH3 is 2. The first-order valence-electron chi connectivity index (χ1n) is 8.41. The van der Waals surface area contributed by atoms with Crippen molar-refractivity contribution in [3.8, 4) is 5.75 Å². The quantitative estimate of drug-likeness (QED) is 0.740. The van der Waals surface area contributed by atoms with Gasteiger partial charge in [0.2, 0.25) is 5.82 Å². The van der Waals surface area contributed by atoms with E-state index in [-0.39, 0.29) is 22.6 Å². The Bertz CT molecular complexity index is 869. The second-order valence-electron chi connectivity index (χ2n) is 6.14. The zero-order chi connectivity index (χ0) is 18.8. The number of halogens is 2. The predicted octanol–water partition coefficient (Wildman–Crippen LogP) is 3.85. The number of hydrogen-bond acceptors (Lipinski definition) is 5. The van der Waals surface area contributed by atoms with Crippen LogP contribution in [0.25, 0.3) is 0 Å². The second-order valence-corrected chi connectivity index (χ2v) is 6.93. The van der Waals surface area contributed by atoms with Crippen LogP contribution in [0.5, 0.6) is 5.75 Å². The third-order valence-corrected chi connectivity index (χ3v) is 5.06. The van der Waals surface area contributed by atoms with Gasteiger partial charge in [-0.05, 0) is 24.5 Å². The van der Waals surface area contributed by atoms with Gasteiger partial charge in [-0.25, -0.2) is 4.98 Å². The monoisotopic (exact) mass is 397 g/mol. The molecule has 1 aliphatic rings. The average Bonchev–Trinajstić information content (AvgIpc) is 3.05. The summed E-state index contributed by atoms with van der Waals surface area (Å²) in [5, 5.41) is 0.778. The lowest BCUT2D eigenvalue weighted by molar-refractivity contribution is 0.151. The maximum atomic E-state index is 13.1. The van der Waals surface area contributed by atoms with Crippen molar-refractivity contribution in [2.24, 2.45) is 0 Å². The van der Waals surface area contributed by atoms with E-state index in [1.54, 1.807) is 31.0 Å². The molecule has 6 nitrogen and oxygen atoms in total. The Labute approximate surface area is 162 Å². The minimum atomic E-state index is -0.210. The third-order valence-electron chi connectivity index (χ3n) is 4.59. The van der Waals surface area contributed by atoms with E-state index in [1.165, 1.54) is 0 Å². The molecular weight excluding hydrogens is 377 g/mol. The van der Waals surface area contributed by atoms with Crippen LogP contribution in [0.4, 0.5) is 11.5 Å². The van der Waals surface area contributed by atoms with E-state index < -0.39 is 0 Å². The number of nitrogens with zero attached hydrogens (tertiary/aromatic N) is 3. The van der Waals surface area contributed by atoms with Crippen LogP contribution in [0, 0.1) is 0 Å². The van der Waals surface area contributed by atoms with Crippen LogP contribution in [0.1, 0.15) is 24.9 Å². The fourth-order valence-electron chi connectivity index (χ4n) is 3.30. The molecule has 8 heteroatoms. The summed E-state index contributed by atoms with van der Waals surface area (Å²) in [5.74, 6) is 0.969. The molecule has 1 atom stereocenters. The molecule has 1 aliphatic heterocycles. The molecule has 3 rings (SSSR count). The highest BCUT2D eigenvalue weighted by Gasteiger charge is 2.28. The molecule has 0 aliphatic carbocycles. The number of benzene rings is 1. The van der Waals surface area contributed by atoms with Gasteiger partial charge < -0.3 is 18.9 Å². The van der Waals surface area contributed by atoms with Crippen molar-refractivity contribution < 1.29 is 9.47 Å². The van der Waals surface area contributed by atoms with Crippen molar-refractivity contribution in [1.82, 2.24) is 9.55 Å². The van der Waals surface area contributed by atoms with Crippen molar-refractivity contribution in [1.29, 1.82) is 0 Å². The molecule has 0 bridgehead atoms. The van der Waals surface area contributed by atoms with Crippen LogP contribution >= 0.6 is 23.2 Å². The Morgan fingerprint density at radius 1 is 1.31 bits per heavy atom. The zero-order valence-electron chi connectivity index (χ0n) is 15.0. The molecule has 1 aromatic carbocycles. The SMILES string of the molecule is CC[C@H](COC)n1cc(Cl)nc(N2CCc3cc(OC)cc(Cl)c32)c1=O. The van der Waals surface area contributed by atoms with Crippen LogP contribution in [0.3, 0.4) is 0 Å². The van der Waals surface area contributed by atoms with E-state index in [2.05, 4.69) is 4.98 Å². The number of fused-ring (bicyclic) bond motifs is 1. The first kappa shape index (κ1) is 19.0. The highest BCUT2D eigenvalue weighted by Crippen LogP contribution is 2.41. The molecule has 1 aromatic heterocycles. The van der Waals surface area contributed by atoms with E-state index in [9.17, 15) is 4.79 Å². The number of anilines is 2. The van der Waals surface area contributed by atoms with Crippen LogP contribution < -0.4 is 15.2 Å². The highest BCUT2D eigenvalue weighted by atomic mass is 35.5. The first-order chi connectivity index (χ1) is 12.5. The maximum absolute atomic E-state index is 13.1. The van der Waals surface area contributed by atoms with E-state index in [4.69, 9.17) is 32.7 Å². The molecule has 0 fully saturated rings. The smallest absolute Gasteiger partial charge is 0.294 e. The lowest BCUT2D eigenvalue weighted by Crippen LogP contribution is -2.33. The Morgan fingerprint density at radius 3 is 2.73 bits per heavy atom. The summed E-state index contributed by atoms with van der Waals surface area (Å²) in [6.45, 7) is 3.02. The van der Waals surface area contributed by atoms with Gasteiger partial charge >= 0.3 is 0 Å². The Kier molecular flexibility index (Phi) is 5.75. The molecule has 0 saturated heterocycles. The Morgan fingerprint density at radius 2 is 2.08 bits per heavy atom. The fourth-order valence-corrected chi connectivity index (χ4v) is 3.81. The van der Waals surface area contributed by atoms with Crippen molar-refractivity contribution in [2.45, 2.75) is 25.8 Å². The van der Waals surface area contributed by atoms with Gasteiger partial charge in [0, 0.05) is 25.9 Å². The van der Waals surface area contributed by atoms with Gasteiger partial charge in [-0.2, -0.15) is 0 Å². The largest absolute Gasteiger partial charge is 0.497 e. The topological polar surface area (TPSA) is 56.6 Å². The summed E-state index contributed by atoms with van der Waals surface area (Å²) in [5.41, 5.74) is 1.59. The Balaban J connectivity index is 2.10. The molecule has 2 aromatic rings. The summed E-state index contributed by atoms with van der Waals surface area (Å²) < 4.78 is 12.1. The molecule has 140 valence electrons. The standard InChI is InChI=1S/C18H21Cl2N3O3/c1-4-12(10-25-2)23-9-15(20)21-17(18(23)24)22-6-5-11-7-13(26-3)8-14(19)16(11)22/h7-9,12H,4-6,10H2,1-3H3/t12-/m1/s1. The van der Waals surface area contributed by atoms with Gasteiger partial charge in [0.25, 0.3) is 5.56 Å². The van der Waals surface area contributed by atoms with E-state index >= 15 is 0 Å². The van der Waals surface area contributed by atoms with Crippen LogP contribution in [0.15, 0.2) is 23.1 Å². The molecule has 26 heavy (non-hydrogen) atoms. The van der Waals surface area contributed by atoms with Gasteiger partial charge in [0.1, 0.15) is 10.9 Å². The molecule has 0 amide bonds. The van der Waals surface area contributed by atoms with Crippen molar-refractivity contribution in [3.05, 3.63) is 44.4 Å². The minimum absolute atomic E-state index is 0.111. The van der Waals surface area contributed by atoms with Crippen LogP contribution in [0.2, 0.25) is 10.2 Å². The zero-order valence-corrected chi connectivity index (χ0v) is 16.5. The van der Waals surface area contributed by atoms with Gasteiger partial charge in [0.15, 0.2) is 0 Å². The fraction of sp³-hybridized carbons (Fsp3) is 0.444. The molecule has 0 N–H and O–H groups in total. The van der Waals surface area contributed by atoms with E-state index in [0.717, 1.165) is 24.1 Å². The minimum Gasteiger partial charge on any atom is -0.497 e. The number of hydrogen-bond donors (Lipinski definition) is 0. The average molecular weight is 398 g/mol. The normalized spacial score (nSPS) is 14.4. The van der Waals surface area contributed by atoms with Gasteiger partial charge in [0.05, 0.1) is 30.5 Å². The second kappa shape index (κ2) is 7.86. The first-order valence-corrected chi connectivity index (χ1v) is 9.17. The van der Waals surface area contributed by atoms with Gasteiger partial charge in [-0.15, -0.1) is 0 Å². The van der Waals surface area contributed by atoms with Gasteiger partial charge in [-0.1, -0.05) is 30.1 Å². The molecule has 0 unspecified atom stereocenters. The highest BCUT2D eigenvalue weighted by molar-refractivity contribution is 6.34. The predicted molar refractivity (Wildman–Crippen MR) is 103 cm³/mol.